The first-order valence-corrected chi connectivity index (χ1v) is 9.62. The fourth-order valence-corrected chi connectivity index (χ4v) is 2.49. The molecule has 0 aliphatic carbocycles. The number of hydrogen-bond donors (Lipinski definition) is 4. The fourth-order valence-electron chi connectivity index (χ4n) is 2.49. The molecule has 0 radical (unpaired) electrons. The van der Waals surface area contributed by atoms with Crippen LogP contribution >= 0.6 is 0 Å². The van der Waals surface area contributed by atoms with Crippen molar-refractivity contribution in [3.05, 3.63) is 54.1 Å². The number of aromatic amines is 1. The normalized spacial score (nSPS) is 11.1. The van der Waals surface area contributed by atoms with E-state index >= 15 is 0 Å². The van der Waals surface area contributed by atoms with Crippen LogP contribution in [0.15, 0.2) is 42.9 Å². The van der Waals surface area contributed by atoms with Crippen LogP contribution in [-0.2, 0) is 36.9 Å². The van der Waals surface area contributed by atoms with Gasteiger partial charge >= 0.3 is 12.1 Å². The third-order valence-electron chi connectivity index (χ3n) is 3.95. The summed E-state index contributed by atoms with van der Waals surface area (Å²) in [6.07, 6.45) is 2.29. The molecule has 2 aromatic rings. The van der Waals surface area contributed by atoms with Crippen LogP contribution in [0.2, 0.25) is 0 Å². The number of esters is 1. The van der Waals surface area contributed by atoms with Gasteiger partial charge in [0.1, 0.15) is 25.7 Å². The molecule has 1 aromatic carbocycles. The third-order valence-corrected chi connectivity index (χ3v) is 3.95. The van der Waals surface area contributed by atoms with Crippen LogP contribution < -0.4 is 16.0 Å². The number of carbonyl (C=O) groups is 4. The van der Waals surface area contributed by atoms with Crippen LogP contribution in [0.25, 0.3) is 0 Å². The Bertz CT molecular complexity index is 856. The van der Waals surface area contributed by atoms with Gasteiger partial charge in [-0.1, -0.05) is 30.3 Å². The Morgan fingerprint density at radius 3 is 2.52 bits per heavy atom. The Morgan fingerprint density at radius 2 is 1.84 bits per heavy atom. The molecule has 11 nitrogen and oxygen atoms in total. The Balaban J connectivity index is 1.82. The lowest BCUT2D eigenvalue weighted by atomic mass is 10.1. The quantitative estimate of drug-likeness (QED) is 0.367. The second kappa shape index (κ2) is 12.6. The van der Waals surface area contributed by atoms with Gasteiger partial charge in [0, 0.05) is 18.3 Å². The Kier molecular flexibility index (Phi) is 9.53. The molecule has 2 rings (SSSR count). The highest BCUT2D eigenvalue weighted by Gasteiger charge is 2.23. The average Bonchev–Trinajstić information content (AvgIpc) is 3.28. The first-order valence-electron chi connectivity index (χ1n) is 9.62. The molecule has 0 fully saturated rings. The minimum atomic E-state index is -0.996. The Morgan fingerprint density at radius 1 is 1.06 bits per heavy atom. The van der Waals surface area contributed by atoms with Gasteiger partial charge in [0.05, 0.1) is 12.9 Å². The summed E-state index contributed by atoms with van der Waals surface area (Å²) in [5, 5.41) is 7.26. The summed E-state index contributed by atoms with van der Waals surface area (Å²) in [6, 6.07) is 8.08. The molecule has 4 N–H and O–H groups in total. The van der Waals surface area contributed by atoms with Crippen LogP contribution in [0.4, 0.5) is 4.79 Å². The molecule has 0 unspecified atom stereocenters. The lowest BCUT2D eigenvalue weighted by Crippen LogP contribution is -2.51. The molecule has 1 heterocycles. The van der Waals surface area contributed by atoms with Gasteiger partial charge in [-0.2, -0.15) is 0 Å². The fraction of sp³-hybridized carbons (Fsp3) is 0.350. The number of ether oxygens (including phenoxy) is 2. The van der Waals surface area contributed by atoms with Crippen molar-refractivity contribution in [2.45, 2.75) is 26.0 Å². The van der Waals surface area contributed by atoms with E-state index in [9.17, 15) is 19.2 Å². The number of H-pyrrole nitrogens is 1. The molecular weight excluding hydrogens is 406 g/mol. The van der Waals surface area contributed by atoms with Crippen LogP contribution in [0.5, 0.6) is 0 Å². The largest absolute Gasteiger partial charge is 0.465 e. The Labute approximate surface area is 178 Å². The van der Waals surface area contributed by atoms with Crippen LogP contribution in [0, 0.1) is 0 Å². The molecule has 3 amide bonds. The van der Waals surface area contributed by atoms with E-state index in [0.29, 0.717) is 5.69 Å². The summed E-state index contributed by atoms with van der Waals surface area (Å²) in [5.41, 5.74) is 1.41. The molecule has 0 bridgehead atoms. The van der Waals surface area contributed by atoms with Crippen molar-refractivity contribution >= 4 is 23.9 Å². The van der Waals surface area contributed by atoms with Gasteiger partial charge in [0.15, 0.2) is 0 Å². The van der Waals surface area contributed by atoms with Crippen LogP contribution in [-0.4, -0.2) is 59.6 Å². The summed E-state index contributed by atoms with van der Waals surface area (Å²) in [4.78, 5) is 54.6. The molecule has 31 heavy (non-hydrogen) atoms. The zero-order chi connectivity index (χ0) is 22.5. The van der Waals surface area contributed by atoms with E-state index in [-0.39, 0.29) is 26.2 Å². The van der Waals surface area contributed by atoms with Gasteiger partial charge in [-0.15, -0.1) is 0 Å². The molecule has 0 aliphatic rings. The van der Waals surface area contributed by atoms with E-state index in [1.807, 2.05) is 18.2 Å². The summed E-state index contributed by atoms with van der Waals surface area (Å²) in [5.74, 6) is -1.78. The Hall–Kier alpha value is -3.89. The molecule has 0 saturated heterocycles. The van der Waals surface area contributed by atoms with Gasteiger partial charge in [0.2, 0.25) is 11.8 Å². The minimum Gasteiger partial charge on any atom is -0.465 e. The lowest BCUT2D eigenvalue weighted by molar-refractivity contribution is -0.143. The molecular formula is C20H25N5O6. The number of aromatic nitrogens is 2. The van der Waals surface area contributed by atoms with Gasteiger partial charge in [-0.05, 0) is 12.5 Å². The molecule has 1 aromatic heterocycles. The predicted molar refractivity (Wildman–Crippen MR) is 108 cm³/mol. The molecule has 0 saturated carbocycles. The van der Waals surface area contributed by atoms with Gasteiger partial charge in [-0.25, -0.2) is 9.78 Å². The smallest absolute Gasteiger partial charge is 0.407 e. The monoisotopic (exact) mass is 431 g/mol. The SMILES string of the molecule is CCOC(=O)CNC(=O)[C@@H](Cc1cnc[nH]1)NC(=O)CNC(=O)OCc1ccccc1. The van der Waals surface area contributed by atoms with Crippen molar-refractivity contribution in [1.82, 2.24) is 25.9 Å². The summed E-state index contributed by atoms with van der Waals surface area (Å²) in [7, 11) is 0. The number of hydrogen-bond acceptors (Lipinski definition) is 7. The predicted octanol–water partition coefficient (Wildman–Crippen LogP) is 0.0427. The van der Waals surface area contributed by atoms with E-state index < -0.39 is 36.5 Å². The maximum atomic E-state index is 12.4. The zero-order valence-corrected chi connectivity index (χ0v) is 17.1. The van der Waals surface area contributed by atoms with Gasteiger partial charge in [-0.3, -0.25) is 14.4 Å². The minimum absolute atomic E-state index is 0.0625. The van der Waals surface area contributed by atoms with Crippen molar-refractivity contribution in [2.24, 2.45) is 0 Å². The molecule has 166 valence electrons. The number of carbonyl (C=O) groups excluding carboxylic acids is 4. The highest BCUT2D eigenvalue weighted by molar-refractivity contribution is 5.91. The number of alkyl carbamates (subject to hydrolysis) is 1. The average molecular weight is 431 g/mol. The van der Waals surface area contributed by atoms with Crippen molar-refractivity contribution < 1.29 is 28.7 Å². The zero-order valence-electron chi connectivity index (χ0n) is 17.1. The van der Waals surface area contributed by atoms with Crippen molar-refractivity contribution in [3.8, 4) is 0 Å². The van der Waals surface area contributed by atoms with E-state index in [1.165, 1.54) is 12.5 Å². The summed E-state index contributed by atoms with van der Waals surface area (Å²) in [6.45, 7) is 1.19. The number of nitrogens with one attached hydrogen (secondary N) is 4. The number of imidazole rings is 1. The highest BCUT2D eigenvalue weighted by Crippen LogP contribution is 2.01. The first kappa shape index (κ1) is 23.4. The third kappa shape index (κ3) is 8.98. The van der Waals surface area contributed by atoms with Crippen molar-refractivity contribution in [3.63, 3.8) is 0 Å². The highest BCUT2D eigenvalue weighted by atomic mass is 16.5. The van der Waals surface area contributed by atoms with Gasteiger partial charge in [0.25, 0.3) is 0 Å². The maximum absolute atomic E-state index is 12.4. The second-order valence-electron chi connectivity index (χ2n) is 6.34. The van der Waals surface area contributed by atoms with E-state index in [2.05, 4.69) is 25.9 Å². The maximum Gasteiger partial charge on any atom is 0.407 e. The van der Waals surface area contributed by atoms with Crippen LogP contribution in [0.3, 0.4) is 0 Å². The lowest BCUT2D eigenvalue weighted by Gasteiger charge is -2.18. The molecule has 1 atom stereocenters. The molecule has 0 aliphatic heterocycles. The molecule has 0 spiro atoms. The van der Waals surface area contributed by atoms with Crippen LogP contribution in [0.1, 0.15) is 18.2 Å². The topological polar surface area (TPSA) is 152 Å². The number of rotatable bonds is 11. The van der Waals surface area contributed by atoms with Crippen molar-refractivity contribution in [1.29, 1.82) is 0 Å². The van der Waals surface area contributed by atoms with E-state index in [1.54, 1.807) is 19.1 Å². The standard InChI is InChI=1S/C20H25N5O6/c1-2-30-18(27)11-22-19(28)16(8-15-9-21-13-24-15)25-17(26)10-23-20(29)31-12-14-6-4-3-5-7-14/h3-7,9,13,16H,2,8,10-12H2,1H3,(H,21,24)(H,22,28)(H,23,29)(H,25,26)/t16-/m1/s1. The van der Waals surface area contributed by atoms with E-state index in [0.717, 1.165) is 5.56 Å². The van der Waals surface area contributed by atoms with Crippen molar-refractivity contribution in [2.75, 3.05) is 19.7 Å². The number of amides is 3. The first-order chi connectivity index (χ1) is 15.0. The van der Waals surface area contributed by atoms with Gasteiger partial charge < -0.3 is 30.4 Å². The second-order valence-corrected chi connectivity index (χ2v) is 6.34. The number of nitrogens with zero attached hydrogens (tertiary/aromatic N) is 1. The number of benzene rings is 1. The van der Waals surface area contributed by atoms with E-state index in [4.69, 9.17) is 9.47 Å². The summed E-state index contributed by atoms with van der Waals surface area (Å²) >= 11 is 0. The summed E-state index contributed by atoms with van der Waals surface area (Å²) < 4.78 is 9.79. The molecule has 11 heteroatoms.